The second-order valence-corrected chi connectivity index (χ2v) is 8.71. The van der Waals surface area contributed by atoms with Gasteiger partial charge < -0.3 is 14.2 Å². The lowest BCUT2D eigenvalue weighted by Crippen LogP contribution is -2.45. The third kappa shape index (κ3) is 4.73. The summed E-state index contributed by atoms with van der Waals surface area (Å²) in [5, 5.41) is 0. The highest BCUT2D eigenvalue weighted by Crippen LogP contribution is 2.44. The summed E-state index contributed by atoms with van der Waals surface area (Å²) in [5.74, 6) is 1.11. The van der Waals surface area contributed by atoms with E-state index >= 15 is 0 Å². The predicted molar refractivity (Wildman–Crippen MR) is 101 cm³/mol. The number of fused-ring (bicyclic) bond motifs is 1. The van der Waals surface area contributed by atoms with Gasteiger partial charge in [0.1, 0.15) is 11.5 Å². The lowest BCUT2D eigenvalue weighted by Gasteiger charge is -2.36. The van der Waals surface area contributed by atoms with Gasteiger partial charge in [-0.2, -0.15) is 8.42 Å². The summed E-state index contributed by atoms with van der Waals surface area (Å²) in [6, 6.07) is 0. The van der Waals surface area contributed by atoms with E-state index in [-0.39, 0.29) is 12.6 Å². The van der Waals surface area contributed by atoms with E-state index in [1.54, 1.807) is 6.92 Å². The van der Waals surface area contributed by atoms with Gasteiger partial charge in [-0.3, -0.25) is 4.18 Å². The molecule has 1 atom stereocenters. The summed E-state index contributed by atoms with van der Waals surface area (Å²) in [7, 11) is -2.07. The molecule has 1 aromatic rings. The highest BCUT2D eigenvalue weighted by molar-refractivity contribution is 7.85. The maximum absolute atomic E-state index is 12.1. The quantitative estimate of drug-likeness (QED) is 0.395. The van der Waals surface area contributed by atoms with E-state index in [9.17, 15) is 13.2 Å². The van der Waals surface area contributed by atoms with Gasteiger partial charge >= 0.3 is 5.97 Å². The van der Waals surface area contributed by atoms with E-state index in [0.29, 0.717) is 25.9 Å². The minimum atomic E-state index is -3.43. The number of carbonyl (C=O) groups excluding carboxylic acids is 1. The zero-order valence-electron chi connectivity index (χ0n) is 16.8. The van der Waals surface area contributed by atoms with E-state index in [4.69, 9.17) is 18.4 Å². The average Bonchev–Trinajstić information content (AvgIpc) is 2.60. The van der Waals surface area contributed by atoms with Crippen LogP contribution in [0.2, 0.25) is 0 Å². The Bertz CT molecular complexity index is 829. The Morgan fingerprint density at radius 1 is 1.15 bits per heavy atom. The lowest BCUT2D eigenvalue weighted by molar-refractivity contribution is -0.159. The molecule has 7 nitrogen and oxygen atoms in total. The first kappa shape index (κ1) is 21.5. The van der Waals surface area contributed by atoms with Crippen molar-refractivity contribution in [2.45, 2.75) is 52.6 Å². The van der Waals surface area contributed by atoms with Crippen LogP contribution >= 0.6 is 0 Å². The molecule has 1 aliphatic heterocycles. The molecule has 1 unspecified atom stereocenters. The molecular weight excluding hydrogens is 372 g/mol. The minimum Gasteiger partial charge on any atom is -0.493 e. The number of hydrogen-bond donors (Lipinski definition) is 0. The molecule has 27 heavy (non-hydrogen) atoms. The van der Waals surface area contributed by atoms with Crippen molar-refractivity contribution < 1.29 is 31.6 Å². The molecule has 0 aliphatic carbocycles. The van der Waals surface area contributed by atoms with Crippen LogP contribution in [0.5, 0.6) is 11.5 Å². The van der Waals surface area contributed by atoms with Crippen LogP contribution in [0.1, 0.15) is 42.0 Å². The van der Waals surface area contributed by atoms with Gasteiger partial charge in [0.05, 0.1) is 26.6 Å². The molecule has 152 valence electrons. The molecule has 0 fully saturated rings. The SMILES string of the molecule is COC(=O)C1(C)CCc2c(C)c(OCCCOS(C)(=O)=O)c(C)c(C)c2O1. The molecule has 0 aromatic heterocycles. The van der Waals surface area contributed by atoms with Gasteiger partial charge in [0.15, 0.2) is 0 Å². The molecule has 8 heteroatoms. The molecule has 0 saturated carbocycles. The van der Waals surface area contributed by atoms with E-state index in [1.165, 1.54) is 7.11 Å². The van der Waals surface area contributed by atoms with Crippen molar-refractivity contribution >= 4 is 16.1 Å². The summed E-state index contributed by atoms with van der Waals surface area (Å²) < 4.78 is 43.6. The number of carbonyl (C=O) groups is 1. The number of benzene rings is 1. The van der Waals surface area contributed by atoms with Gasteiger partial charge in [0.25, 0.3) is 10.1 Å². The van der Waals surface area contributed by atoms with Crippen molar-refractivity contribution in [1.29, 1.82) is 0 Å². The summed E-state index contributed by atoms with van der Waals surface area (Å²) >= 11 is 0. The van der Waals surface area contributed by atoms with Gasteiger partial charge in [-0.25, -0.2) is 4.79 Å². The predicted octanol–water partition coefficient (Wildman–Crippen LogP) is 2.61. The van der Waals surface area contributed by atoms with Gasteiger partial charge in [-0.05, 0) is 50.8 Å². The first-order chi connectivity index (χ1) is 12.5. The summed E-state index contributed by atoms with van der Waals surface area (Å²) in [4.78, 5) is 12.1. The Labute approximate surface area is 161 Å². The highest BCUT2D eigenvalue weighted by Gasteiger charge is 2.41. The molecule has 0 bridgehead atoms. The van der Waals surface area contributed by atoms with Crippen molar-refractivity contribution in [3.05, 3.63) is 22.3 Å². The van der Waals surface area contributed by atoms with Crippen LogP contribution in [-0.2, 0) is 30.3 Å². The molecular formula is C19H28O7S. The van der Waals surface area contributed by atoms with Crippen LogP contribution in [-0.4, -0.2) is 46.6 Å². The van der Waals surface area contributed by atoms with E-state index < -0.39 is 15.7 Å². The fourth-order valence-electron chi connectivity index (χ4n) is 3.25. The third-order valence-electron chi connectivity index (χ3n) is 4.94. The standard InChI is InChI=1S/C19H28O7S/c1-12-13(2)17-15(8-9-19(4,26-17)18(20)23-5)14(3)16(12)24-10-7-11-25-27(6,21)22/h7-11H2,1-6H3. The van der Waals surface area contributed by atoms with Crippen LogP contribution in [0.3, 0.4) is 0 Å². The number of ether oxygens (including phenoxy) is 3. The Hall–Kier alpha value is -1.80. The largest absolute Gasteiger partial charge is 0.493 e. The number of hydrogen-bond acceptors (Lipinski definition) is 7. The Kier molecular flexibility index (Phi) is 6.42. The average molecular weight is 400 g/mol. The molecule has 0 spiro atoms. The summed E-state index contributed by atoms with van der Waals surface area (Å²) in [6.45, 7) is 8.03. The molecule has 1 heterocycles. The van der Waals surface area contributed by atoms with Crippen LogP contribution in [0.4, 0.5) is 0 Å². The van der Waals surface area contributed by atoms with Gasteiger partial charge in [0.2, 0.25) is 5.60 Å². The smallest absolute Gasteiger partial charge is 0.349 e. The van der Waals surface area contributed by atoms with Crippen molar-refractivity contribution in [2.24, 2.45) is 0 Å². The number of methoxy groups -OCH3 is 1. The molecule has 2 rings (SSSR count). The molecule has 0 radical (unpaired) electrons. The first-order valence-electron chi connectivity index (χ1n) is 8.87. The van der Waals surface area contributed by atoms with E-state index in [2.05, 4.69) is 0 Å². The normalized spacial score (nSPS) is 19.2. The monoisotopic (exact) mass is 400 g/mol. The summed E-state index contributed by atoms with van der Waals surface area (Å²) in [6.07, 6.45) is 2.69. The van der Waals surface area contributed by atoms with E-state index in [0.717, 1.165) is 40.0 Å². The molecule has 1 aromatic carbocycles. The molecule has 0 saturated heterocycles. The third-order valence-corrected chi connectivity index (χ3v) is 5.53. The van der Waals surface area contributed by atoms with Crippen LogP contribution in [0, 0.1) is 20.8 Å². The molecule has 0 N–H and O–H groups in total. The number of rotatable bonds is 7. The van der Waals surface area contributed by atoms with Crippen molar-refractivity contribution in [2.75, 3.05) is 26.6 Å². The Balaban J connectivity index is 2.19. The highest BCUT2D eigenvalue weighted by atomic mass is 32.2. The van der Waals surface area contributed by atoms with Gasteiger partial charge in [-0.15, -0.1) is 0 Å². The second-order valence-electron chi connectivity index (χ2n) is 7.06. The maximum Gasteiger partial charge on any atom is 0.349 e. The molecule has 1 aliphatic rings. The first-order valence-corrected chi connectivity index (χ1v) is 10.7. The maximum atomic E-state index is 12.1. The number of esters is 1. The van der Waals surface area contributed by atoms with Crippen LogP contribution in [0.15, 0.2) is 0 Å². The van der Waals surface area contributed by atoms with Crippen LogP contribution in [0.25, 0.3) is 0 Å². The van der Waals surface area contributed by atoms with Crippen molar-refractivity contribution in [1.82, 2.24) is 0 Å². The van der Waals surface area contributed by atoms with Crippen molar-refractivity contribution in [3.63, 3.8) is 0 Å². The van der Waals surface area contributed by atoms with Gasteiger partial charge in [0, 0.05) is 18.4 Å². The minimum absolute atomic E-state index is 0.0848. The summed E-state index contributed by atoms with van der Waals surface area (Å²) in [5.41, 5.74) is 2.87. The van der Waals surface area contributed by atoms with Gasteiger partial charge in [-0.1, -0.05) is 0 Å². The Morgan fingerprint density at radius 2 is 1.81 bits per heavy atom. The fraction of sp³-hybridized carbons (Fsp3) is 0.632. The van der Waals surface area contributed by atoms with Crippen LogP contribution < -0.4 is 9.47 Å². The zero-order chi connectivity index (χ0) is 20.4. The zero-order valence-corrected chi connectivity index (χ0v) is 17.6. The topological polar surface area (TPSA) is 88.1 Å². The Morgan fingerprint density at radius 3 is 2.41 bits per heavy atom. The molecule has 0 amide bonds. The van der Waals surface area contributed by atoms with E-state index in [1.807, 2.05) is 20.8 Å². The lowest BCUT2D eigenvalue weighted by atomic mass is 9.87. The second kappa shape index (κ2) is 8.06. The fourth-order valence-corrected chi connectivity index (χ4v) is 3.67. The van der Waals surface area contributed by atoms with Crippen molar-refractivity contribution in [3.8, 4) is 11.5 Å².